The minimum absolute atomic E-state index is 0.122. The van der Waals surface area contributed by atoms with Crippen molar-refractivity contribution in [3.63, 3.8) is 0 Å². The molecule has 1 N–H and O–H groups in total. The molecule has 9 heteroatoms. The summed E-state index contributed by atoms with van der Waals surface area (Å²) in [6.07, 6.45) is -3.41. The van der Waals surface area contributed by atoms with Gasteiger partial charge in [0.25, 0.3) is 0 Å². The Kier molecular flexibility index (Phi) is 5.97. The van der Waals surface area contributed by atoms with Crippen LogP contribution in [-0.2, 0) is 10.0 Å². The van der Waals surface area contributed by atoms with Gasteiger partial charge in [0.05, 0.1) is 6.42 Å². The van der Waals surface area contributed by atoms with Gasteiger partial charge in [0.2, 0.25) is 10.0 Å². The van der Waals surface area contributed by atoms with Crippen LogP contribution in [0.3, 0.4) is 0 Å². The normalized spacial score (nSPS) is 12.7. The number of anilines is 1. The lowest BCUT2D eigenvalue weighted by atomic mass is 10.4. The average molecular weight is 325 g/mol. The molecule has 1 heterocycles. The molecule has 1 rings (SSSR count). The summed E-state index contributed by atoms with van der Waals surface area (Å²) >= 11 is 0. The smallest absolute Gasteiger partial charge is 0.369 e. The molecule has 0 saturated carbocycles. The van der Waals surface area contributed by atoms with Crippen LogP contribution >= 0.6 is 0 Å². The van der Waals surface area contributed by atoms with Crippen molar-refractivity contribution in [1.29, 1.82) is 0 Å². The molecule has 21 heavy (non-hydrogen) atoms. The number of nitrogens with zero attached hydrogens (tertiary/aromatic N) is 2. The second kappa shape index (κ2) is 7.08. The highest BCUT2D eigenvalue weighted by Gasteiger charge is 2.31. The van der Waals surface area contributed by atoms with Crippen molar-refractivity contribution in [1.82, 2.24) is 9.29 Å². The predicted octanol–water partition coefficient (Wildman–Crippen LogP) is 2.48. The summed E-state index contributed by atoms with van der Waals surface area (Å²) in [5.74, 6) is 0.151. The number of halogens is 3. The zero-order valence-corrected chi connectivity index (χ0v) is 12.6. The van der Waals surface area contributed by atoms with Gasteiger partial charge in [-0.25, -0.2) is 17.7 Å². The van der Waals surface area contributed by atoms with E-state index in [0.717, 1.165) is 13.5 Å². The highest BCUT2D eigenvalue weighted by Crippen LogP contribution is 2.24. The van der Waals surface area contributed by atoms with Crippen molar-refractivity contribution < 1.29 is 21.6 Å². The van der Waals surface area contributed by atoms with E-state index < -0.39 is 29.2 Å². The maximum Gasteiger partial charge on any atom is 0.390 e. The van der Waals surface area contributed by atoms with Crippen LogP contribution < -0.4 is 5.32 Å². The number of pyridine rings is 1. The third-order valence-electron chi connectivity index (χ3n) is 2.71. The molecule has 0 amide bonds. The fraction of sp³-hybridized carbons (Fsp3) is 0.583. The van der Waals surface area contributed by atoms with E-state index in [-0.39, 0.29) is 10.7 Å². The Morgan fingerprint density at radius 1 is 1.38 bits per heavy atom. The number of sulfonamides is 1. The summed E-state index contributed by atoms with van der Waals surface area (Å²) in [7, 11) is -2.89. The summed E-state index contributed by atoms with van der Waals surface area (Å²) in [6.45, 7) is 1.79. The van der Waals surface area contributed by atoms with Crippen molar-refractivity contribution in [2.24, 2.45) is 0 Å². The highest BCUT2D eigenvalue weighted by molar-refractivity contribution is 7.89. The van der Waals surface area contributed by atoms with Gasteiger partial charge in [0, 0.05) is 26.3 Å². The number of nitrogens with one attached hydrogen (secondary N) is 1. The third kappa shape index (κ3) is 5.16. The Labute approximate surface area is 122 Å². The van der Waals surface area contributed by atoms with Crippen molar-refractivity contribution in [2.45, 2.75) is 30.8 Å². The molecule has 0 bridgehead atoms. The van der Waals surface area contributed by atoms with Gasteiger partial charge in [0.1, 0.15) is 10.7 Å². The lowest BCUT2D eigenvalue weighted by Gasteiger charge is -2.19. The largest absolute Gasteiger partial charge is 0.390 e. The molecule has 0 aliphatic heterocycles. The van der Waals surface area contributed by atoms with Crippen molar-refractivity contribution >= 4 is 15.8 Å². The third-order valence-corrected chi connectivity index (χ3v) is 4.60. The fourth-order valence-electron chi connectivity index (χ4n) is 1.55. The topological polar surface area (TPSA) is 62.3 Å². The Balaban J connectivity index is 2.96. The standard InChI is InChI=1S/C12H18F3N3O2S/c1-3-7-16-11-10(5-4-8-17-11)21(19,20)18(2)9-6-12(13,14)15/h4-5,8H,3,6-7,9H2,1-2H3,(H,16,17). The zero-order valence-electron chi connectivity index (χ0n) is 11.8. The minimum Gasteiger partial charge on any atom is -0.369 e. The number of hydrogen-bond acceptors (Lipinski definition) is 4. The molecule has 0 aliphatic carbocycles. The Bertz CT molecular complexity index is 561. The van der Waals surface area contributed by atoms with Crippen LogP contribution in [0.4, 0.5) is 19.0 Å². The Hall–Kier alpha value is -1.35. The molecule has 0 unspecified atom stereocenters. The molecule has 0 fully saturated rings. The summed E-state index contributed by atoms with van der Waals surface area (Å²) in [5.41, 5.74) is 0. The lowest BCUT2D eigenvalue weighted by molar-refractivity contribution is -0.135. The molecular weight excluding hydrogens is 307 g/mol. The van der Waals surface area contributed by atoms with E-state index in [4.69, 9.17) is 0 Å². The quantitative estimate of drug-likeness (QED) is 0.836. The summed E-state index contributed by atoms with van der Waals surface area (Å²) in [5, 5.41) is 2.86. The zero-order chi connectivity index (χ0) is 16.1. The van der Waals surface area contributed by atoms with Crippen LogP contribution in [-0.4, -0.2) is 44.0 Å². The van der Waals surface area contributed by atoms with E-state index in [1.807, 2.05) is 6.92 Å². The number of aromatic nitrogens is 1. The molecule has 5 nitrogen and oxygen atoms in total. The second-order valence-electron chi connectivity index (χ2n) is 4.47. The van der Waals surface area contributed by atoms with E-state index >= 15 is 0 Å². The molecule has 0 atom stereocenters. The van der Waals surface area contributed by atoms with Crippen LogP contribution in [0.1, 0.15) is 19.8 Å². The Morgan fingerprint density at radius 2 is 2.05 bits per heavy atom. The number of alkyl halides is 3. The first-order valence-corrected chi connectivity index (χ1v) is 7.84. The maximum absolute atomic E-state index is 12.3. The Morgan fingerprint density at radius 3 is 2.62 bits per heavy atom. The summed E-state index contributed by atoms with van der Waals surface area (Å²) in [6, 6.07) is 2.76. The summed E-state index contributed by atoms with van der Waals surface area (Å²) < 4.78 is 61.9. The fourth-order valence-corrected chi connectivity index (χ4v) is 2.83. The van der Waals surface area contributed by atoms with Gasteiger partial charge in [-0.15, -0.1) is 0 Å². The van der Waals surface area contributed by atoms with Crippen LogP contribution in [0.15, 0.2) is 23.2 Å². The lowest BCUT2D eigenvalue weighted by Crippen LogP contribution is -2.31. The van der Waals surface area contributed by atoms with E-state index in [0.29, 0.717) is 10.8 Å². The van der Waals surface area contributed by atoms with Crippen LogP contribution in [0.2, 0.25) is 0 Å². The number of rotatable bonds is 7. The van der Waals surface area contributed by atoms with Crippen molar-refractivity contribution in [3.05, 3.63) is 18.3 Å². The second-order valence-corrected chi connectivity index (χ2v) is 6.48. The van der Waals surface area contributed by atoms with Gasteiger partial charge < -0.3 is 5.32 Å². The van der Waals surface area contributed by atoms with Gasteiger partial charge in [-0.3, -0.25) is 0 Å². The highest BCUT2D eigenvalue weighted by atomic mass is 32.2. The van der Waals surface area contributed by atoms with Gasteiger partial charge >= 0.3 is 6.18 Å². The molecule has 1 aromatic rings. The molecule has 0 aromatic carbocycles. The first kappa shape index (κ1) is 17.7. The first-order valence-electron chi connectivity index (χ1n) is 6.40. The molecule has 0 aliphatic rings. The SMILES string of the molecule is CCCNc1ncccc1S(=O)(=O)N(C)CCC(F)(F)F. The van der Waals surface area contributed by atoms with Crippen LogP contribution in [0, 0.1) is 0 Å². The van der Waals surface area contributed by atoms with E-state index in [9.17, 15) is 21.6 Å². The average Bonchev–Trinajstić information content (AvgIpc) is 2.41. The minimum atomic E-state index is -4.40. The van der Waals surface area contributed by atoms with Crippen LogP contribution in [0.5, 0.6) is 0 Å². The van der Waals surface area contributed by atoms with Gasteiger partial charge in [0.15, 0.2) is 0 Å². The summed E-state index contributed by atoms with van der Waals surface area (Å²) in [4.78, 5) is 3.81. The monoisotopic (exact) mass is 325 g/mol. The molecule has 0 spiro atoms. The van der Waals surface area contributed by atoms with E-state index in [1.165, 1.54) is 18.3 Å². The van der Waals surface area contributed by atoms with Gasteiger partial charge in [-0.1, -0.05) is 6.92 Å². The molecule has 1 aromatic heterocycles. The van der Waals surface area contributed by atoms with Gasteiger partial charge in [-0.2, -0.15) is 13.2 Å². The van der Waals surface area contributed by atoms with Crippen LogP contribution in [0.25, 0.3) is 0 Å². The predicted molar refractivity (Wildman–Crippen MR) is 73.5 cm³/mol. The molecule has 120 valence electrons. The molecule has 0 saturated heterocycles. The van der Waals surface area contributed by atoms with Crippen molar-refractivity contribution in [3.8, 4) is 0 Å². The number of hydrogen-bond donors (Lipinski definition) is 1. The van der Waals surface area contributed by atoms with E-state index in [1.54, 1.807) is 0 Å². The van der Waals surface area contributed by atoms with Gasteiger partial charge in [-0.05, 0) is 18.6 Å². The molecule has 0 radical (unpaired) electrons. The van der Waals surface area contributed by atoms with Crippen molar-refractivity contribution in [2.75, 3.05) is 25.5 Å². The first-order chi connectivity index (χ1) is 9.68. The maximum atomic E-state index is 12.3. The van der Waals surface area contributed by atoms with E-state index in [2.05, 4.69) is 10.3 Å². The molecular formula is C12H18F3N3O2S.